The van der Waals surface area contributed by atoms with Gasteiger partial charge in [-0.2, -0.15) is 0 Å². The molecule has 0 aromatic heterocycles. The Morgan fingerprint density at radius 1 is 0.750 bits per heavy atom. The minimum atomic E-state index is -0.0565. The lowest BCUT2D eigenvalue weighted by Crippen LogP contribution is -2.54. The van der Waals surface area contributed by atoms with Crippen LogP contribution in [-0.2, 0) is 4.74 Å². The van der Waals surface area contributed by atoms with E-state index in [1.807, 2.05) is 12.1 Å². The van der Waals surface area contributed by atoms with E-state index in [1.165, 1.54) is 94.6 Å². The second kappa shape index (κ2) is 17.7. The zero-order valence-electron chi connectivity index (χ0n) is 28.0. The maximum Gasteiger partial charge on any atom is 0.205 e. The first-order valence-electron chi connectivity index (χ1n) is 17.5. The molecule has 1 N–H and O–H groups in total. The Labute approximate surface area is 276 Å². The highest BCUT2D eigenvalue weighted by Gasteiger charge is 2.56. The van der Waals surface area contributed by atoms with Crippen molar-refractivity contribution in [3.63, 3.8) is 0 Å². The summed E-state index contributed by atoms with van der Waals surface area (Å²) in [4.78, 5) is 0. The number of aromatic hydroxyl groups is 1. The van der Waals surface area contributed by atoms with Gasteiger partial charge in [-0.25, -0.2) is 0 Å². The molecule has 5 aliphatic rings. The van der Waals surface area contributed by atoms with E-state index >= 15 is 0 Å². The second-order valence-electron chi connectivity index (χ2n) is 14.7. The van der Waals surface area contributed by atoms with Crippen molar-refractivity contribution in [2.45, 2.75) is 136 Å². The Bertz CT molecular complexity index is 1040. The summed E-state index contributed by atoms with van der Waals surface area (Å²) < 4.78 is 13.4. The highest BCUT2D eigenvalue weighted by Crippen LogP contribution is 2.62. The SMILES string of the molecule is CCC(C)c1ccc(O)cc1.CCC(C)c1ccc(OC(OCCC2CCCCC2)C23CC4CC(CC(C4)C2)C3)cc1.[P-3].[PH-2]. The van der Waals surface area contributed by atoms with Gasteiger partial charge in [0.15, 0.2) is 0 Å². The van der Waals surface area contributed by atoms with Gasteiger partial charge in [0.05, 0.1) is 6.61 Å². The molecule has 3 nitrogen and oxygen atoms in total. The van der Waals surface area contributed by atoms with Gasteiger partial charge in [0.2, 0.25) is 6.29 Å². The third kappa shape index (κ3) is 9.69. The highest BCUT2D eigenvalue weighted by atomic mass is 31.0. The zero-order valence-corrected chi connectivity index (χ0v) is 29.9. The lowest BCUT2D eigenvalue weighted by Gasteiger charge is -3.00. The molecular formula is C39H59O3P2-5. The van der Waals surface area contributed by atoms with Gasteiger partial charge < -0.3 is 34.4 Å². The minimum Gasteiger partial charge on any atom is -3.00 e. The molecule has 5 saturated carbocycles. The fraction of sp³-hybridized carbons (Fsp3) is 0.692. The van der Waals surface area contributed by atoms with Crippen LogP contribution < -0.4 is 4.74 Å². The molecule has 0 spiro atoms. The van der Waals surface area contributed by atoms with Crippen molar-refractivity contribution in [2.75, 3.05) is 6.61 Å². The number of phenolic OH excluding ortho intramolecular Hbond substituents is 1. The molecule has 0 amide bonds. The van der Waals surface area contributed by atoms with Crippen LogP contribution in [0.5, 0.6) is 11.5 Å². The third-order valence-corrected chi connectivity index (χ3v) is 11.5. The summed E-state index contributed by atoms with van der Waals surface area (Å²) >= 11 is 0. The van der Waals surface area contributed by atoms with Crippen LogP contribution in [0.1, 0.15) is 141 Å². The van der Waals surface area contributed by atoms with E-state index in [9.17, 15) is 0 Å². The van der Waals surface area contributed by atoms with Crippen molar-refractivity contribution >= 4 is 19.8 Å². The van der Waals surface area contributed by atoms with Gasteiger partial charge in [0.25, 0.3) is 0 Å². The Balaban J connectivity index is 0.000000348. The van der Waals surface area contributed by atoms with Gasteiger partial charge in [-0.3, -0.25) is 0 Å². The van der Waals surface area contributed by atoms with Crippen LogP contribution in [0.15, 0.2) is 48.5 Å². The Morgan fingerprint density at radius 3 is 1.70 bits per heavy atom. The van der Waals surface area contributed by atoms with Gasteiger partial charge in [-0.15, -0.1) is 0 Å². The first-order chi connectivity index (χ1) is 20.4. The molecule has 2 aromatic rings. The molecule has 0 heterocycles. The molecule has 3 unspecified atom stereocenters. The molecule has 44 heavy (non-hydrogen) atoms. The quantitative estimate of drug-likeness (QED) is 0.197. The molecular weight excluding hydrogens is 578 g/mol. The van der Waals surface area contributed by atoms with E-state index in [-0.39, 0.29) is 31.5 Å². The fourth-order valence-corrected chi connectivity index (χ4v) is 8.89. The summed E-state index contributed by atoms with van der Waals surface area (Å²) in [6.45, 7) is 9.80. The third-order valence-electron chi connectivity index (χ3n) is 11.5. The summed E-state index contributed by atoms with van der Waals surface area (Å²) in [5.74, 6) is 6.20. The van der Waals surface area contributed by atoms with Crippen molar-refractivity contribution in [3.05, 3.63) is 59.7 Å². The summed E-state index contributed by atoms with van der Waals surface area (Å²) in [6.07, 6.45) is 19.0. The van der Waals surface area contributed by atoms with Crippen LogP contribution >= 0.6 is 19.8 Å². The summed E-state index contributed by atoms with van der Waals surface area (Å²) in [5.41, 5.74) is 2.97. The van der Waals surface area contributed by atoms with Gasteiger partial charge in [0, 0.05) is 5.41 Å². The predicted octanol–water partition coefficient (Wildman–Crippen LogP) is 12.5. The second-order valence-corrected chi connectivity index (χ2v) is 14.7. The van der Waals surface area contributed by atoms with E-state index in [0.29, 0.717) is 17.6 Å². The van der Waals surface area contributed by atoms with Crippen LogP contribution in [0, 0.1) is 29.1 Å². The zero-order chi connectivity index (χ0) is 29.5. The van der Waals surface area contributed by atoms with Gasteiger partial charge >= 0.3 is 0 Å². The van der Waals surface area contributed by atoms with Crippen LogP contribution in [0.25, 0.3) is 0 Å². The number of rotatable bonds is 11. The fourth-order valence-electron chi connectivity index (χ4n) is 8.89. The largest absolute Gasteiger partial charge is 3.00 e. The molecule has 5 aliphatic carbocycles. The maximum atomic E-state index is 9.01. The molecule has 2 aromatic carbocycles. The molecule has 0 aliphatic heterocycles. The highest BCUT2D eigenvalue weighted by molar-refractivity contribution is 6.92. The van der Waals surface area contributed by atoms with Gasteiger partial charge in [0.1, 0.15) is 11.5 Å². The maximum absolute atomic E-state index is 9.01. The first kappa shape index (κ1) is 37.3. The first-order valence-corrected chi connectivity index (χ1v) is 17.5. The van der Waals surface area contributed by atoms with Gasteiger partial charge in [-0.1, -0.05) is 84.1 Å². The summed E-state index contributed by atoms with van der Waals surface area (Å²) in [7, 11) is 0. The van der Waals surface area contributed by atoms with E-state index < -0.39 is 0 Å². The predicted molar refractivity (Wildman–Crippen MR) is 189 cm³/mol. The Kier molecular flexibility index (Phi) is 15.0. The van der Waals surface area contributed by atoms with Crippen molar-refractivity contribution in [1.82, 2.24) is 0 Å². The van der Waals surface area contributed by atoms with Crippen LogP contribution in [0.3, 0.4) is 0 Å². The van der Waals surface area contributed by atoms with E-state index in [1.54, 1.807) is 12.1 Å². The smallest absolute Gasteiger partial charge is 0.205 e. The van der Waals surface area contributed by atoms with E-state index in [4.69, 9.17) is 14.6 Å². The van der Waals surface area contributed by atoms with Crippen LogP contribution in [0.4, 0.5) is 0 Å². The minimum absolute atomic E-state index is 0. The number of benzene rings is 2. The molecule has 5 heteroatoms. The topological polar surface area (TPSA) is 38.7 Å². The molecule has 3 atom stereocenters. The monoisotopic (exact) mass is 637 g/mol. The molecule has 5 fully saturated rings. The molecule has 248 valence electrons. The summed E-state index contributed by atoms with van der Waals surface area (Å²) in [6, 6.07) is 16.3. The number of hydrogen-bond donors (Lipinski definition) is 1. The van der Waals surface area contributed by atoms with Crippen molar-refractivity contribution in [1.29, 1.82) is 0 Å². The normalized spacial score (nSPS) is 27.6. The molecule has 4 bridgehead atoms. The average Bonchev–Trinajstić information content (AvgIpc) is 3.00. The Morgan fingerprint density at radius 2 is 1.23 bits per heavy atom. The average molecular weight is 638 g/mol. The van der Waals surface area contributed by atoms with Crippen molar-refractivity contribution in [2.24, 2.45) is 29.1 Å². The molecule has 0 radical (unpaired) electrons. The summed E-state index contributed by atoms with van der Waals surface area (Å²) in [5, 5.41) is 9.01. The van der Waals surface area contributed by atoms with E-state index in [2.05, 4.69) is 52.0 Å². The molecule has 0 saturated heterocycles. The van der Waals surface area contributed by atoms with Crippen LogP contribution in [0.2, 0.25) is 0 Å². The lowest BCUT2D eigenvalue weighted by molar-refractivity contribution is -0.216. The van der Waals surface area contributed by atoms with Crippen molar-refractivity contribution in [3.8, 4) is 11.5 Å². The standard InChI is InChI=1S/C29H44O2.C10H14O.HP.P/c1-3-21(2)26-9-11-27(12-10-26)31-28(30-14-13-22-7-5-4-6-8-22)29-18-23-15-24(19-29)17-25(16-23)20-29;1-3-8(2)9-4-6-10(11)7-5-9;;/h9-12,21-25,28H,3-8,13-20H2,1-2H3;4-8,11H,3H2,1-2H3;1H;/q;;-2;-3. The number of ether oxygens (including phenoxy) is 2. The van der Waals surface area contributed by atoms with Crippen LogP contribution in [-0.4, -0.2) is 18.0 Å². The lowest BCUT2D eigenvalue weighted by atomic mass is 9.49. The van der Waals surface area contributed by atoms with Gasteiger partial charge in [-0.05, 0) is 129 Å². The number of hydrogen-bond acceptors (Lipinski definition) is 3. The van der Waals surface area contributed by atoms with E-state index in [0.717, 1.165) is 42.4 Å². The molecule has 7 rings (SSSR count). The Hall–Kier alpha value is -1.14. The van der Waals surface area contributed by atoms with Crippen molar-refractivity contribution < 1.29 is 14.6 Å². The number of phenols is 1.